The van der Waals surface area contributed by atoms with Gasteiger partial charge in [-0.1, -0.05) is 0 Å². The van der Waals surface area contributed by atoms with Crippen LogP contribution in [-0.2, 0) is 4.74 Å². The average Bonchev–Trinajstić information content (AvgIpc) is 3.06. The number of likely N-dealkylation sites (N-methyl/N-ethyl adjacent to an activating group) is 1. The summed E-state index contributed by atoms with van der Waals surface area (Å²) in [5.41, 5.74) is 1.43. The Morgan fingerprint density at radius 2 is 2.41 bits per heavy atom. The predicted octanol–water partition coefficient (Wildman–Crippen LogP) is 1.87. The standard InChI is InChI=1S/C13H20N2OS/c1-14-8-12-13(10-4-7-17-9-10)15(5-6-16-12)11-2-3-11/h4,7,9,11-14H,2-3,5-6,8H2,1H3. The van der Waals surface area contributed by atoms with Crippen molar-refractivity contribution in [2.75, 3.05) is 26.7 Å². The van der Waals surface area contributed by atoms with Crippen LogP contribution >= 0.6 is 11.3 Å². The molecule has 3 rings (SSSR count). The first-order valence-electron chi connectivity index (χ1n) is 6.44. The number of morpholine rings is 1. The van der Waals surface area contributed by atoms with Crippen molar-refractivity contribution in [1.29, 1.82) is 0 Å². The summed E-state index contributed by atoms with van der Waals surface area (Å²) >= 11 is 1.78. The molecule has 0 spiro atoms. The number of rotatable bonds is 4. The van der Waals surface area contributed by atoms with Crippen LogP contribution in [0.1, 0.15) is 24.4 Å². The third kappa shape index (κ3) is 2.40. The van der Waals surface area contributed by atoms with Crippen LogP contribution in [0.2, 0.25) is 0 Å². The SMILES string of the molecule is CNCC1OCCN(C2CC2)C1c1ccsc1. The van der Waals surface area contributed by atoms with Crippen molar-refractivity contribution >= 4 is 11.3 Å². The van der Waals surface area contributed by atoms with Gasteiger partial charge in [-0.3, -0.25) is 4.90 Å². The van der Waals surface area contributed by atoms with E-state index in [0.29, 0.717) is 12.1 Å². The van der Waals surface area contributed by atoms with Crippen molar-refractivity contribution < 1.29 is 4.74 Å². The van der Waals surface area contributed by atoms with Gasteiger partial charge < -0.3 is 10.1 Å². The summed E-state index contributed by atoms with van der Waals surface area (Å²) in [6.45, 7) is 2.90. The molecule has 0 amide bonds. The minimum absolute atomic E-state index is 0.295. The summed E-state index contributed by atoms with van der Waals surface area (Å²) in [5, 5.41) is 7.71. The molecule has 1 aromatic rings. The zero-order chi connectivity index (χ0) is 11.7. The zero-order valence-electron chi connectivity index (χ0n) is 10.3. The van der Waals surface area contributed by atoms with E-state index in [-0.39, 0.29) is 0 Å². The van der Waals surface area contributed by atoms with Gasteiger partial charge in [-0.25, -0.2) is 0 Å². The van der Waals surface area contributed by atoms with Crippen LogP contribution in [0.4, 0.5) is 0 Å². The molecule has 0 aromatic carbocycles. The lowest BCUT2D eigenvalue weighted by atomic mass is 10.0. The molecule has 1 aliphatic heterocycles. The van der Waals surface area contributed by atoms with Gasteiger partial charge in [-0.2, -0.15) is 11.3 Å². The van der Waals surface area contributed by atoms with E-state index in [1.54, 1.807) is 11.3 Å². The van der Waals surface area contributed by atoms with Gasteiger partial charge in [0.2, 0.25) is 0 Å². The fourth-order valence-electron chi connectivity index (χ4n) is 2.79. The topological polar surface area (TPSA) is 24.5 Å². The van der Waals surface area contributed by atoms with E-state index in [1.807, 2.05) is 7.05 Å². The number of ether oxygens (including phenoxy) is 1. The highest BCUT2D eigenvalue weighted by Gasteiger charge is 2.40. The molecule has 2 unspecified atom stereocenters. The number of nitrogens with zero attached hydrogens (tertiary/aromatic N) is 1. The summed E-state index contributed by atoms with van der Waals surface area (Å²) in [5.74, 6) is 0. The molecule has 2 atom stereocenters. The molecule has 2 aliphatic rings. The van der Waals surface area contributed by atoms with Crippen molar-refractivity contribution in [3.8, 4) is 0 Å². The molecule has 1 N–H and O–H groups in total. The monoisotopic (exact) mass is 252 g/mol. The molecular weight excluding hydrogens is 232 g/mol. The normalized spacial score (nSPS) is 30.6. The maximum atomic E-state index is 5.96. The van der Waals surface area contributed by atoms with Gasteiger partial charge in [0.1, 0.15) is 0 Å². The quantitative estimate of drug-likeness (QED) is 0.885. The van der Waals surface area contributed by atoms with Crippen LogP contribution < -0.4 is 5.32 Å². The molecule has 1 aliphatic carbocycles. The molecule has 2 heterocycles. The molecule has 17 heavy (non-hydrogen) atoms. The number of nitrogens with one attached hydrogen (secondary N) is 1. The molecule has 0 bridgehead atoms. The Bertz CT molecular complexity index is 348. The highest BCUT2D eigenvalue weighted by atomic mass is 32.1. The van der Waals surface area contributed by atoms with E-state index < -0.39 is 0 Å². The summed E-state index contributed by atoms with van der Waals surface area (Å²) in [6.07, 6.45) is 3.03. The average molecular weight is 252 g/mol. The van der Waals surface area contributed by atoms with Crippen molar-refractivity contribution in [2.24, 2.45) is 0 Å². The van der Waals surface area contributed by atoms with Crippen molar-refractivity contribution in [1.82, 2.24) is 10.2 Å². The van der Waals surface area contributed by atoms with Crippen LogP contribution in [0.25, 0.3) is 0 Å². The highest BCUT2D eigenvalue weighted by Crippen LogP contribution is 2.39. The van der Waals surface area contributed by atoms with E-state index >= 15 is 0 Å². The molecule has 94 valence electrons. The lowest BCUT2D eigenvalue weighted by Crippen LogP contribution is -2.49. The van der Waals surface area contributed by atoms with Crippen molar-refractivity contribution in [3.63, 3.8) is 0 Å². The van der Waals surface area contributed by atoms with Gasteiger partial charge in [0, 0.05) is 19.1 Å². The molecule has 0 radical (unpaired) electrons. The second-order valence-electron chi connectivity index (χ2n) is 4.94. The van der Waals surface area contributed by atoms with Gasteiger partial charge in [0.05, 0.1) is 18.8 Å². The number of thiophene rings is 1. The van der Waals surface area contributed by atoms with Gasteiger partial charge in [0.25, 0.3) is 0 Å². The van der Waals surface area contributed by atoms with E-state index in [2.05, 4.69) is 27.0 Å². The van der Waals surface area contributed by atoms with Crippen molar-refractivity contribution in [2.45, 2.75) is 31.0 Å². The Morgan fingerprint density at radius 3 is 3.06 bits per heavy atom. The minimum Gasteiger partial charge on any atom is -0.374 e. The number of hydrogen-bond acceptors (Lipinski definition) is 4. The van der Waals surface area contributed by atoms with E-state index in [1.165, 1.54) is 18.4 Å². The maximum absolute atomic E-state index is 5.96. The largest absolute Gasteiger partial charge is 0.374 e. The summed E-state index contributed by atoms with van der Waals surface area (Å²) in [4.78, 5) is 2.66. The second kappa shape index (κ2) is 5.06. The van der Waals surface area contributed by atoms with Gasteiger partial charge in [0.15, 0.2) is 0 Å². The fourth-order valence-corrected chi connectivity index (χ4v) is 3.48. The Kier molecular flexibility index (Phi) is 3.47. The Labute approximate surface area is 107 Å². The zero-order valence-corrected chi connectivity index (χ0v) is 11.1. The van der Waals surface area contributed by atoms with Crippen LogP contribution in [-0.4, -0.2) is 43.8 Å². The van der Waals surface area contributed by atoms with Gasteiger partial charge in [-0.05, 0) is 42.3 Å². The summed E-state index contributed by atoms with van der Waals surface area (Å²) in [6, 6.07) is 3.51. The number of hydrogen-bond donors (Lipinski definition) is 1. The Balaban J connectivity index is 1.83. The van der Waals surface area contributed by atoms with Crippen LogP contribution in [0.3, 0.4) is 0 Å². The first-order valence-corrected chi connectivity index (χ1v) is 7.38. The molecule has 1 aromatic heterocycles. The molecule has 1 saturated heterocycles. The lowest BCUT2D eigenvalue weighted by molar-refractivity contribution is -0.0738. The summed E-state index contributed by atoms with van der Waals surface area (Å²) < 4.78 is 5.96. The Morgan fingerprint density at radius 1 is 1.53 bits per heavy atom. The maximum Gasteiger partial charge on any atom is 0.0896 e. The van der Waals surface area contributed by atoms with E-state index in [9.17, 15) is 0 Å². The molecule has 2 fully saturated rings. The minimum atomic E-state index is 0.295. The van der Waals surface area contributed by atoms with Gasteiger partial charge >= 0.3 is 0 Å². The molecule has 1 saturated carbocycles. The Hall–Kier alpha value is -0.420. The van der Waals surface area contributed by atoms with Crippen LogP contribution in [0.15, 0.2) is 16.8 Å². The van der Waals surface area contributed by atoms with E-state index in [0.717, 1.165) is 25.7 Å². The fraction of sp³-hybridized carbons (Fsp3) is 0.692. The first kappa shape index (κ1) is 11.7. The van der Waals surface area contributed by atoms with Crippen LogP contribution in [0.5, 0.6) is 0 Å². The smallest absolute Gasteiger partial charge is 0.0896 e. The summed E-state index contributed by atoms with van der Waals surface area (Å²) in [7, 11) is 2.00. The molecule has 3 nitrogen and oxygen atoms in total. The van der Waals surface area contributed by atoms with Gasteiger partial charge in [-0.15, -0.1) is 0 Å². The lowest BCUT2D eigenvalue weighted by Gasteiger charge is -2.41. The third-order valence-electron chi connectivity index (χ3n) is 3.70. The second-order valence-corrected chi connectivity index (χ2v) is 5.72. The molecular formula is C13H20N2OS. The van der Waals surface area contributed by atoms with E-state index in [4.69, 9.17) is 4.74 Å². The van der Waals surface area contributed by atoms with Crippen LogP contribution in [0, 0.1) is 0 Å². The highest BCUT2D eigenvalue weighted by molar-refractivity contribution is 7.07. The van der Waals surface area contributed by atoms with Crippen molar-refractivity contribution in [3.05, 3.63) is 22.4 Å². The first-order chi connectivity index (χ1) is 8.40. The molecule has 4 heteroatoms. The predicted molar refractivity (Wildman–Crippen MR) is 70.5 cm³/mol. The third-order valence-corrected chi connectivity index (χ3v) is 4.40.